The van der Waals surface area contributed by atoms with Gasteiger partial charge in [-0.25, -0.2) is 0 Å². The van der Waals surface area contributed by atoms with E-state index in [0.29, 0.717) is 13.0 Å². The highest BCUT2D eigenvalue weighted by Crippen LogP contribution is 2.05. The maximum absolute atomic E-state index is 9.11. The summed E-state index contributed by atoms with van der Waals surface area (Å²) in [6.45, 7) is 3.78. The standard InChI is InChI=1S/C9H20O4/c1-3-9(11,12)7-13-6-4-5-8(2)10/h8,10-12H,3-7H2,1-2H3. The van der Waals surface area contributed by atoms with E-state index in [1.807, 2.05) is 0 Å². The Kier molecular flexibility index (Phi) is 6.24. The number of hydrogen-bond acceptors (Lipinski definition) is 4. The molecule has 3 N–H and O–H groups in total. The van der Waals surface area contributed by atoms with Crippen LogP contribution in [0.2, 0.25) is 0 Å². The van der Waals surface area contributed by atoms with Gasteiger partial charge in [-0.1, -0.05) is 6.92 Å². The molecule has 4 nitrogen and oxygen atoms in total. The molecule has 0 fully saturated rings. The summed E-state index contributed by atoms with van der Waals surface area (Å²) in [7, 11) is 0. The van der Waals surface area contributed by atoms with Crippen LogP contribution in [0.3, 0.4) is 0 Å². The average molecular weight is 192 g/mol. The highest BCUT2D eigenvalue weighted by molar-refractivity contribution is 4.59. The number of aliphatic hydroxyl groups excluding tert-OH is 1. The van der Waals surface area contributed by atoms with Crippen molar-refractivity contribution < 1.29 is 20.1 Å². The smallest absolute Gasteiger partial charge is 0.186 e. The highest BCUT2D eigenvalue weighted by Gasteiger charge is 2.19. The lowest BCUT2D eigenvalue weighted by Crippen LogP contribution is -2.33. The van der Waals surface area contributed by atoms with E-state index in [1.54, 1.807) is 13.8 Å². The Hall–Kier alpha value is -0.160. The van der Waals surface area contributed by atoms with Gasteiger partial charge in [-0.05, 0) is 19.8 Å². The van der Waals surface area contributed by atoms with Crippen LogP contribution < -0.4 is 0 Å². The first-order chi connectivity index (χ1) is 5.98. The van der Waals surface area contributed by atoms with E-state index in [9.17, 15) is 0 Å². The number of rotatable bonds is 7. The van der Waals surface area contributed by atoms with Crippen LogP contribution in [0, 0.1) is 0 Å². The van der Waals surface area contributed by atoms with Gasteiger partial charge in [0, 0.05) is 13.0 Å². The zero-order chi connectivity index (χ0) is 10.3. The number of hydrogen-bond donors (Lipinski definition) is 3. The lowest BCUT2D eigenvalue weighted by Gasteiger charge is -2.19. The Bertz CT molecular complexity index is 123. The summed E-state index contributed by atoms with van der Waals surface area (Å²) in [6, 6.07) is 0. The van der Waals surface area contributed by atoms with Gasteiger partial charge in [-0.15, -0.1) is 0 Å². The fraction of sp³-hybridized carbons (Fsp3) is 1.00. The Balaban J connectivity index is 3.26. The largest absolute Gasteiger partial charge is 0.393 e. The second-order valence-electron chi connectivity index (χ2n) is 3.38. The molecule has 4 heteroatoms. The van der Waals surface area contributed by atoms with Crippen LogP contribution in [0.5, 0.6) is 0 Å². The third kappa shape index (κ3) is 8.18. The molecule has 0 aromatic heterocycles. The summed E-state index contributed by atoms with van der Waals surface area (Å²) in [4.78, 5) is 0. The first kappa shape index (κ1) is 12.8. The van der Waals surface area contributed by atoms with Crippen molar-refractivity contribution >= 4 is 0 Å². The fourth-order valence-corrected chi connectivity index (χ4v) is 0.818. The Morgan fingerprint density at radius 2 is 2.00 bits per heavy atom. The van der Waals surface area contributed by atoms with Crippen molar-refractivity contribution in [1.29, 1.82) is 0 Å². The molecule has 1 atom stereocenters. The quantitative estimate of drug-likeness (QED) is 0.399. The predicted octanol–water partition coefficient (Wildman–Crippen LogP) is 0.255. The summed E-state index contributed by atoms with van der Waals surface area (Å²) in [5.41, 5.74) is 0. The van der Waals surface area contributed by atoms with E-state index >= 15 is 0 Å². The molecule has 0 heterocycles. The molecule has 0 bridgehead atoms. The second kappa shape index (κ2) is 6.32. The van der Waals surface area contributed by atoms with Crippen LogP contribution in [-0.4, -0.2) is 40.4 Å². The van der Waals surface area contributed by atoms with Crippen LogP contribution in [0.15, 0.2) is 0 Å². The highest BCUT2D eigenvalue weighted by atomic mass is 16.6. The maximum Gasteiger partial charge on any atom is 0.186 e. The van der Waals surface area contributed by atoms with E-state index in [1.165, 1.54) is 0 Å². The molecule has 0 saturated carbocycles. The van der Waals surface area contributed by atoms with E-state index in [-0.39, 0.29) is 19.1 Å². The normalized spacial score (nSPS) is 14.5. The molecule has 0 radical (unpaired) electrons. The van der Waals surface area contributed by atoms with Gasteiger partial charge in [0.1, 0.15) is 6.61 Å². The summed E-state index contributed by atoms with van der Waals surface area (Å²) in [6.07, 6.45) is 1.35. The van der Waals surface area contributed by atoms with Crippen LogP contribution in [0.25, 0.3) is 0 Å². The lowest BCUT2D eigenvalue weighted by atomic mass is 10.2. The van der Waals surface area contributed by atoms with Gasteiger partial charge in [-0.3, -0.25) is 0 Å². The molecule has 0 aliphatic heterocycles. The minimum absolute atomic E-state index is 0.0662. The molecule has 0 aromatic rings. The van der Waals surface area contributed by atoms with Crippen LogP contribution in [0.4, 0.5) is 0 Å². The van der Waals surface area contributed by atoms with Gasteiger partial charge in [-0.2, -0.15) is 0 Å². The minimum Gasteiger partial charge on any atom is -0.393 e. The lowest BCUT2D eigenvalue weighted by molar-refractivity contribution is -0.199. The van der Waals surface area contributed by atoms with Crippen molar-refractivity contribution in [1.82, 2.24) is 0 Å². The van der Waals surface area contributed by atoms with Gasteiger partial charge < -0.3 is 20.1 Å². The molecule has 80 valence electrons. The molecule has 0 saturated heterocycles. The first-order valence-corrected chi connectivity index (χ1v) is 4.68. The van der Waals surface area contributed by atoms with E-state index in [4.69, 9.17) is 20.1 Å². The summed E-state index contributed by atoms with van der Waals surface area (Å²) in [5, 5.41) is 27.1. The third-order valence-electron chi connectivity index (χ3n) is 1.81. The molecular formula is C9H20O4. The Labute approximate surface area is 79.2 Å². The van der Waals surface area contributed by atoms with Crippen molar-refractivity contribution in [2.75, 3.05) is 13.2 Å². The minimum atomic E-state index is -1.70. The van der Waals surface area contributed by atoms with Crippen LogP contribution in [0.1, 0.15) is 33.1 Å². The van der Waals surface area contributed by atoms with Gasteiger partial charge in [0.15, 0.2) is 5.79 Å². The molecule has 1 unspecified atom stereocenters. The molecule has 0 aromatic carbocycles. The Morgan fingerprint density at radius 1 is 1.38 bits per heavy atom. The molecule has 0 aliphatic rings. The van der Waals surface area contributed by atoms with Gasteiger partial charge >= 0.3 is 0 Å². The third-order valence-corrected chi connectivity index (χ3v) is 1.81. The van der Waals surface area contributed by atoms with E-state index in [0.717, 1.165) is 6.42 Å². The van der Waals surface area contributed by atoms with E-state index < -0.39 is 5.79 Å². The molecular weight excluding hydrogens is 172 g/mol. The molecule has 0 spiro atoms. The van der Waals surface area contributed by atoms with Crippen molar-refractivity contribution in [3.8, 4) is 0 Å². The summed E-state index contributed by atoms with van der Waals surface area (Å²) < 4.78 is 5.03. The van der Waals surface area contributed by atoms with Crippen molar-refractivity contribution in [3.05, 3.63) is 0 Å². The molecule has 13 heavy (non-hydrogen) atoms. The second-order valence-corrected chi connectivity index (χ2v) is 3.38. The topological polar surface area (TPSA) is 69.9 Å². The maximum atomic E-state index is 9.11. The van der Waals surface area contributed by atoms with Crippen LogP contribution in [-0.2, 0) is 4.74 Å². The molecule has 0 aliphatic carbocycles. The fourth-order valence-electron chi connectivity index (χ4n) is 0.818. The zero-order valence-corrected chi connectivity index (χ0v) is 8.36. The van der Waals surface area contributed by atoms with Crippen LogP contribution >= 0.6 is 0 Å². The van der Waals surface area contributed by atoms with E-state index in [2.05, 4.69) is 0 Å². The van der Waals surface area contributed by atoms with Crippen molar-refractivity contribution in [3.63, 3.8) is 0 Å². The van der Waals surface area contributed by atoms with Gasteiger partial charge in [0.2, 0.25) is 0 Å². The van der Waals surface area contributed by atoms with Gasteiger partial charge in [0.05, 0.1) is 6.10 Å². The van der Waals surface area contributed by atoms with Crippen molar-refractivity contribution in [2.45, 2.75) is 45.0 Å². The molecule has 0 rings (SSSR count). The summed E-state index contributed by atoms with van der Waals surface area (Å²) in [5.74, 6) is -1.70. The monoisotopic (exact) mass is 192 g/mol. The number of ether oxygens (including phenoxy) is 1. The Morgan fingerprint density at radius 3 is 2.46 bits per heavy atom. The summed E-state index contributed by atoms with van der Waals surface area (Å²) >= 11 is 0. The first-order valence-electron chi connectivity index (χ1n) is 4.68. The SMILES string of the molecule is CCC(O)(O)COCCCC(C)O. The average Bonchev–Trinajstić information content (AvgIpc) is 2.03. The number of aliphatic hydroxyl groups is 3. The van der Waals surface area contributed by atoms with Gasteiger partial charge in [0.25, 0.3) is 0 Å². The zero-order valence-electron chi connectivity index (χ0n) is 8.36. The predicted molar refractivity (Wildman–Crippen MR) is 49.2 cm³/mol. The molecule has 0 amide bonds. The van der Waals surface area contributed by atoms with Crippen molar-refractivity contribution in [2.24, 2.45) is 0 Å².